The molecule has 1 aromatic heterocycles. The normalized spacial score (nSPS) is 14.7. The number of nitrogens with zero attached hydrogens (tertiary/aromatic N) is 3. The highest BCUT2D eigenvalue weighted by atomic mass is 19.4. The molecule has 0 unspecified atom stereocenters. The molecule has 3 aromatic rings. The van der Waals surface area contributed by atoms with E-state index in [1.807, 2.05) is 0 Å². The summed E-state index contributed by atoms with van der Waals surface area (Å²) in [5.74, 6) is -3.92. The summed E-state index contributed by atoms with van der Waals surface area (Å²) < 4.78 is 38.1. The molecule has 12 heteroatoms. The number of halogens is 3. The SMILES string of the molecule is NC(=O)c1cccc2cn(-c3ccc(NC(=O)C4CN(OC(=O)C(F)(F)F)C4)cc3)nc12. The molecule has 0 bridgehead atoms. The summed E-state index contributed by atoms with van der Waals surface area (Å²) >= 11 is 0. The van der Waals surface area contributed by atoms with E-state index >= 15 is 0 Å². The minimum atomic E-state index is -5.09. The molecule has 0 radical (unpaired) electrons. The lowest BCUT2D eigenvalue weighted by Crippen LogP contribution is -2.53. The van der Waals surface area contributed by atoms with E-state index < -0.39 is 29.9 Å². The summed E-state index contributed by atoms with van der Waals surface area (Å²) in [5, 5.41) is 8.57. The molecule has 1 aliphatic heterocycles. The van der Waals surface area contributed by atoms with Gasteiger partial charge in [-0.05, 0) is 30.3 Å². The largest absolute Gasteiger partial charge is 0.492 e. The van der Waals surface area contributed by atoms with Crippen molar-refractivity contribution in [2.45, 2.75) is 6.18 Å². The highest BCUT2D eigenvalue weighted by Gasteiger charge is 2.45. The number of anilines is 1. The van der Waals surface area contributed by atoms with E-state index in [-0.39, 0.29) is 13.1 Å². The quantitative estimate of drug-likeness (QED) is 0.618. The van der Waals surface area contributed by atoms with Crippen LogP contribution in [-0.2, 0) is 14.4 Å². The fourth-order valence-electron chi connectivity index (χ4n) is 3.17. The van der Waals surface area contributed by atoms with Gasteiger partial charge in [-0.2, -0.15) is 18.3 Å². The number of hydroxylamine groups is 2. The standard InChI is InChI=1S/C20H16F3N5O4/c21-20(22,23)19(31)32-27-8-12(9-27)18(30)25-13-4-6-14(7-5-13)28-10-11-2-1-3-15(17(24)29)16(11)26-28/h1-7,10,12H,8-9H2,(H2,24,29)(H,25,30). The molecule has 0 atom stereocenters. The van der Waals surface area contributed by atoms with Crippen molar-refractivity contribution < 1.29 is 32.4 Å². The van der Waals surface area contributed by atoms with Crippen LogP contribution >= 0.6 is 0 Å². The number of hydrogen-bond acceptors (Lipinski definition) is 6. The van der Waals surface area contributed by atoms with Crippen molar-refractivity contribution >= 4 is 34.4 Å². The van der Waals surface area contributed by atoms with Crippen LogP contribution in [0.5, 0.6) is 0 Å². The van der Waals surface area contributed by atoms with E-state index in [1.165, 1.54) is 0 Å². The maximum Gasteiger partial charge on any atom is 0.492 e. The third-order valence-corrected chi connectivity index (χ3v) is 4.86. The Labute approximate surface area is 178 Å². The summed E-state index contributed by atoms with van der Waals surface area (Å²) in [5.41, 5.74) is 7.30. The summed E-state index contributed by atoms with van der Waals surface area (Å²) in [4.78, 5) is 38.7. The Kier molecular flexibility index (Phi) is 5.30. The Bertz CT molecular complexity index is 1200. The predicted molar refractivity (Wildman–Crippen MR) is 105 cm³/mol. The minimum Gasteiger partial charge on any atom is -0.366 e. The van der Waals surface area contributed by atoms with Crippen LogP contribution in [0.4, 0.5) is 18.9 Å². The van der Waals surface area contributed by atoms with Crippen LogP contribution in [0, 0.1) is 5.92 Å². The number of amides is 2. The first-order valence-corrected chi connectivity index (χ1v) is 9.35. The van der Waals surface area contributed by atoms with Gasteiger partial charge in [0, 0.05) is 30.4 Å². The van der Waals surface area contributed by atoms with Crippen LogP contribution in [0.3, 0.4) is 0 Å². The first-order chi connectivity index (χ1) is 15.1. The van der Waals surface area contributed by atoms with Crippen LogP contribution in [0.25, 0.3) is 16.6 Å². The fraction of sp³-hybridized carbons (Fsp3) is 0.200. The zero-order valence-electron chi connectivity index (χ0n) is 16.3. The monoisotopic (exact) mass is 447 g/mol. The second kappa shape index (κ2) is 7.96. The number of benzene rings is 2. The van der Waals surface area contributed by atoms with Crippen molar-refractivity contribution in [2.24, 2.45) is 11.7 Å². The van der Waals surface area contributed by atoms with E-state index in [0.717, 1.165) is 10.4 Å². The van der Waals surface area contributed by atoms with Crippen molar-refractivity contribution in [3.63, 3.8) is 0 Å². The van der Waals surface area contributed by atoms with Crippen LogP contribution in [-0.4, -0.2) is 51.9 Å². The van der Waals surface area contributed by atoms with Crippen molar-refractivity contribution in [3.8, 4) is 5.69 Å². The Morgan fingerprint density at radius 2 is 1.78 bits per heavy atom. The number of alkyl halides is 3. The van der Waals surface area contributed by atoms with Crippen LogP contribution < -0.4 is 11.1 Å². The van der Waals surface area contributed by atoms with E-state index in [0.29, 0.717) is 22.5 Å². The number of carbonyl (C=O) groups is 3. The molecule has 3 N–H and O–H groups in total. The second-order valence-electron chi connectivity index (χ2n) is 7.14. The van der Waals surface area contributed by atoms with Crippen LogP contribution in [0.15, 0.2) is 48.7 Å². The number of aromatic nitrogens is 2. The van der Waals surface area contributed by atoms with Gasteiger partial charge in [-0.1, -0.05) is 12.1 Å². The van der Waals surface area contributed by atoms with E-state index in [2.05, 4.69) is 15.3 Å². The molecule has 1 saturated heterocycles. The van der Waals surface area contributed by atoms with Crippen molar-refractivity contribution in [3.05, 3.63) is 54.2 Å². The number of rotatable bonds is 5. The topological polar surface area (TPSA) is 120 Å². The maximum absolute atomic E-state index is 12.2. The molecule has 2 heterocycles. The smallest absolute Gasteiger partial charge is 0.366 e. The Morgan fingerprint density at radius 1 is 1.09 bits per heavy atom. The number of nitrogens with one attached hydrogen (secondary N) is 1. The molecule has 1 fully saturated rings. The van der Waals surface area contributed by atoms with Crippen molar-refractivity contribution in [1.82, 2.24) is 14.8 Å². The molecule has 4 rings (SSSR count). The number of carbonyl (C=O) groups excluding carboxylic acids is 3. The predicted octanol–water partition coefficient (Wildman–Crippen LogP) is 2.02. The average molecular weight is 447 g/mol. The van der Waals surface area contributed by atoms with Crippen molar-refractivity contribution in [1.29, 1.82) is 0 Å². The van der Waals surface area contributed by atoms with Gasteiger partial charge < -0.3 is 15.9 Å². The lowest BCUT2D eigenvalue weighted by molar-refractivity contribution is -0.256. The van der Waals surface area contributed by atoms with Gasteiger partial charge in [0.25, 0.3) is 5.91 Å². The van der Waals surface area contributed by atoms with Gasteiger partial charge in [-0.25, -0.2) is 9.48 Å². The van der Waals surface area contributed by atoms with Crippen molar-refractivity contribution in [2.75, 3.05) is 18.4 Å². The highest BCUT2D eigenvalue weighted by molar-refractivity contribution is 6.04. The molecular formula is C20H16F3N5O4. The van der Waals surface area contributed by atoms with Crippen LogP contribution in [0.1, 0.15) is 10.4 Å². The van der Waals surface area contributed by atoms with Gasteiger partial charge in [-0.3, -0.25) is 9.59 Å². The average Bonchev–Trinajstić information content (AvgIpc) is 3.13. The zero-order chi connectivity index (χ0) is 23.0. The third kappa shape index (κ3) is 4.25. The van der Waals surface area contributed by atoms with Gasteiger partial charge in [-0.15, -0.1) is 5.06 Å². The summed E-state index contributed by atoms with van der Waals surface area (Å²) in [6, 6.07) is 11.8. The van der Waals surface area contributed by atoms with E-state index in [4.69, 9.17) is 5.73 Å². The molecule has 2 aromatic carbocycles. The molecule has 166 valence electrons. The summed E-state index contributed by atoms with van der Waals surface area (Å²) in [6.45, 7) is -0.262. The number of nitrogens with two attached hydrogens (primary N) is 1. The molecule has 2 amide bonds. The highest BCUT2D eigenvalue weighted by Crippen LogP contribution is 2.24. The van der Waals surface area contributed by atoms with Gasteiger partial charge in [0.2, 0.25) is 5.91 Å². The fourth-order valence-corrected chi connectivity index (χ4v) is 3.17. The van der Waals surface area contributed by atoms with Gasteiger partial charge in [0.15, 0.2) is 0 Å². The molecular weight excluding hydrogens is 431 g/mol. The van der Waals surface area contributed by atoms with Gasteiger partial charge >= 0.3 is 12.1 Å². The summed E-state index contributed by atoms with van der Waals surface area (Å²) in [7, 11) is 0. The molecule has 0 spiro atoms. The number of fused-ring (bicyclic) bond motifs is 1. The lowest BCUT2D eigenvalue weighted by Gasteiger charge is -2.35. The zero-order valence-corrected chi connectivity index (χ0v) is 16.3. The van der Waals surface area contributed by atoms with E-state index in [1.54, 1.807) is 53.3 Å². The molecule has 1 aliphatic rings. The summed E-state index contributed by atoms with van der Waals surface area (Å²) in [6.07, 6.45) is -3.35. The number of primary amides is 1. The molecule has 9 nitrogen and oxygen atoms in total. The van der Waals surface area contributed by atoms with Gasteiger partial charge in [0.1, 0.15) is 5.52 Å². The van der Waals surface area contributed by atoms with Gasteiger partial charge in [0.05, 0.1) is 17.2 Å². The second-order valence-corrected chi connectivity index (χ2v) is 7.14. The molecule has 0 saturated carbocycles. The Morgan fingerprint density at radius 3 is 2.41 bits per heavy atom. The maximum atomic E-state index is 12.2. The van der Waals surface area contributed by atoms with E-state index in [9.17, 15) is 27.6 Å². The molecule has 0 aliphatic carbocycles. The third-order valence-electron chi connectivity index (χ3n) is 4.86. The Hall–Kier alpha value is -3.93. The first kappa shape index (κ1) is 21.3. The van der Waals surface area contributed by atoms with Crippen LogP contribution in [0.2, 0.25) is 0 Å². The molecule has 32 heavy (non-hydrogen) atoms. The Balaban J connectivity index is 1.37. The first-order valence-electron chi connectivity index (χ1n) is 9.35. The lowest BCUT2D eigenvalue weighted by atomic mass is 10.0. The number of hydrogen-bond donors (Lipinski definition) is 2. The minimum absolute atomic E-state index is 0.131.